The molecule has 1 nitrogen and oxygen atoms in total. The second-order valence-electron chi connectivity index (χ2n) is 3.39. The molecule has 0 aliphatic heterocycles. The van der Waals surface area contributed by atoms with Gasteiger partial charge in [0.05, 0.1) is 0 Å². The van der Waals surface area contributed by atoms with E-state index in [0.29, 0.717) is 0 Å². The van der Waals surface area contributed by atoms with Crippen molar-refractivity contribution in [1.29, 1.82) is 0 Å². The van der Waals surface area contributed by atoms with Gasteiger partial charge in [0.15, 0.2) is 0 Å². The molecule has 0 spiro atoms. The van der Waals surface area contributed by atoms with Gasteiger partial charge in [0.2, 0.25) is 0 Å². The van der Waals surface area contributed by atoms with Crippen molar-refractivity contribution in [3.05, 3.63) is 0 Å². The zero-order valence-electron chi connectivity index (χ0n) is 9.10. The van der Waals surface area contributed by atoms with Gasteiger partial charge in [-0.05, 0) is 31.1 Å². The molecule has 0 amide bonds. The van der Waals surface area contributed by atoms with E-state index < -0.39 is 0 Å². The van der Waals surface area contributed by atoms with Crippen LogP contribution < -0.4 is 0 Å². The summed E-state index contributed by atoms with van der Waals surface area (Å²) in [6.45, 7) is 7.25. The average molecular weight is 172 g/mol. The quantitative estimate of drug-likeness (QED) is 0.631. The maximum Gasteiger partial charge on any atom is 0.0464 e. The van der Waals surface area contributed by atoms with Crippen molar-refractivity contribution in [3.63, 3.8) is 0 Å². The molecular weight excluding hydrogens is 148 g/mol. The third kappa shape index (κ3) is 4.10. The summed E-state index contributed by atoms with van der Waals surface area (Å²) in [6.07, 6.45) is 5.58. The molecule has 1 heteroatoms. The Morgan fingerprint density at radius 3 is 2.17 bits per heavy atom. The first-order valence-corrected chi connectivity index (χ1v) is 5.35. The van der Waals surface area contributed by atoms with Gasteiger partial charge in [-0.3, -0.25) is 0 Å². The molecule has 1 saturated carbocycles. The minimum Gasteiger partial charge on any atom is -0.385 e. The average Bonchev–Trinajstić information content (AvgIpc) is 2.06. The third-order valence-corrected chi connectivity index (χ3v) is 2.64. The first-order chi connectivity index (χ1) is 5.86. The maximum atomic E-state index is 5.02. The second kappa shape index (κ2) is 7.60. The molecular formula is C11H24O. The van der Waals surface area contributed by atoms with Gasteiger partial charge in [0.25, 0.3) is 0 Å². The number of hydrogen-bond acceptors (Lipinski definition) is 1. The Morgan fingerprint density at radius 1 is 1.17 bits per heavy atom. The van der Waals surface area contributed by atoms with Gasteiger partial charge in [0, 0.05) is 13.7 Å². The third-order valence-electron chi connectivity index (χ3n) is 2.64. The van der Waals surface area contributed by atoms with Crippen molar-refractivity contribution in [1.82, 2.24) is 0 Å². The summed E-state index contributed by atoms with van der Waals surface area (Å²) in [6, 6.07) is 0. The molecule has 1 fully saturated rings. The lowest BCUT2D eigenvalue weighted by Gasteiger charge is -2.34. The molecule has 1 aliphatic rings. The summed E-state index contributed by atoms with van der Waals surface area (Å²) >= 11 is 0. The number of hydrogen-bond donors (Lipinski definition) is 0. The molecule has 0 heterocycles. The SMILES string of the molecule is CC.CCC1CC(CCOC)C1. The second-order valence-corrected chi connectivity index (χ2v) is 3.39. The van der Waals surface area contributed by atoms with Gasteiger partial charge < -0.3 is 4.74 Å². The molecule has 0 aromatic heterocycles. The van der Waals surface area contributed by atoms with Crippen molar-refractivity contribution in [2.24, 2.45) is 11.8 Å². The van der Waals surface area contributed by atoms with Crippen molar-refractivity contribution < 1.29 is 4.74 Å². The van der Waals surface area contributed by atoms with Crippen LogP contribution in [-0.4, -0.2) is 13.7 Å². The van der Waals surface area contributed by atoms with Crippen LogP contribution in [0, 0.1) is 11.8 Å². The van der Waals surface area contributed by atoms with Gasteiger partial charge in [-0.1, -0.05) is 27.2 Å². The van der Waals surface area contributed by atoms with Gasteiger partial charge in [0.1, 0.15) is 0 Å². The molecule has 0 aromatic rings. The minimum atomic E-state index is 0.959. The maximum absolute atomic E-state index is 5.02. The molecule has 0 saturated heterocycles. The summed E-state index contributed by atoms with van der Waals surface area (Å²) in [5.41, 5.74) is 0. The lowest BCUT2D eigenvalue weighted by Crippen LogP contribution is -2.23. The fraction of sp³-hybridized carbons (Fsp3) is 1.00. The Morgan fingerprint density at radius 2 is 1.75 bits per heavy atom. The van der Waals surface area contributed by atoms with E-state index in [2.05, 4.69) is 6.92 Å². The molecule has 0 aromatic carbocycles. The fourth-order valence-corrected chi connectivity index (χ4v) is 1.73. The topological polar surface area (TPSA) is 9.23 Å². The van der Waals surface area contributed by atoms with E-state index in [1.165, 1.54) is 25.7 Å². The molecule has 74 valence electrons. The zero-order chi connectivity index (χ0) is 9.40. The molecule has 12 heavy (non-hydrogen) atoms. The molecule has 1 aliphatic carbocycles. The highest BCUT2D eigenvalue weighted by Gasteiger charge is 2.26. The summed E-state index contributed by atoms with van der Waals surface area (Å²) in [7, 11) is 1.79. The number of rotatable bonds is 4. The van der Waals surface area contributed by atoms with E-state index in [1.807, 2.05) is 13.8 Å². The van der Waals surface area contributed by atoms with Crippen LogP contribution in [-0.2, 0) is 4.74 Å². The molecule has 0 unspecified atom stereocenters. The Balaban J connectivity index is 0.000000561. The molecule has 0 atom stereocenters. The smallest absolute Gasteiger partial charge is 0.0464 e. The van der Waals surface area contributed by atoms with Crippen LogP contribution in [0.25, 0.3) is 0 Å². The first kappa shape index (κ1) is 12.0. The largest absolute Gasteiger partial charge is 0.385 e. The van der Waals surface area contributed by atoms with Crippen LogP contribution in [0.2, 0.25) is 0 Å². The lowest BCUT2D eigenvalue weighted by atomic mass is 9.72. The van der Waals surface area contributed by atoms with Crippen LogP contribution in [0.3, 0.4) is 0 Å². The lowest BCUT2D eigenvalue weighted by molar-refractivity contribution is 0.117. The normalized spacial score (nSPS) is 27.0. The summed E-state index contributed by atoms with van der Waals surface area (Å²) in [5.74, 6) is 2.03. The van der Waals surface area contributed by atoms with E-state index in [4.69, 9.17) is 4.74 Å². The van der Waals surface area contributed by atoms with Crippen LogP contribution >= 0.6 is 0 Å². The Bertz CT molecular complexity index is 82.3. The first-order valence-electron chi connectivity index (χ1n) is 5.35. The van der Waals surface area contributed by atoms with E-state index in [0.717, 1.165) is 18.4 Å². The van der Waals surface area contributed by atoms with E-state index in [-0.39, 0.29) is 0 Å². The summed E-state index contributed by atoms with van der Waals surface area (Å²) in [4.78, 5) is 0. The van der Waals surface area contributed by atoms with Crippen LogP contribution in [0.4, 0.5) is 0 Å². The Hall–Kier alpha value is -0.0400. The number of ether oxygens (including phenoxy) is 1. The van der Waals surface area contributed by atoms with Gasteiger partial charge in [-0.25, -0.2) is 0 Å². The van der Waals surface area contributed by atoms with Crippen LogP contribution in [0.5, 0.6) is 0 Å². The van der Waals surface area contributed by atoms with Gasteiger partial charge in [-0.15, -0.1) is 0 Å². The Labute approximate surface area is 77.5 Å². The molecule has 0 N–H and O–H groups in total. The monoisotopic (exact) mass is 172 g/mol. The van der Waals surface area contributed by atoms with E-state index in [9.17, 15) is 0 Å². The highest BCUT2D eigenvalue weighted by Crippen LogP contribution is 2.37. The van der Waals surface area contributed by atoms with Crippen molar-refractivity contribution in [2.45, 2.75) is 46.5 Å². The molecule has 1 rings (SSSR count). The fourth-order valence-electron chi connectivity index (χ4n) is 1.73. The highest BCUT2D eigenvalue weighted by molar-refractivity contribution is 4.77. The predicted molar refractivity (Wildman–Crippen MR) is 54.3 cm³/mol. The van der Waals surface area contributed by atoms with E-state index in [1.54, 1.807) is 7.11 Å². The highest BCUT2D eigenvalue weighted by atomic mass is 16.5. The standard InChI is InChI=1S/C9H18O.C2H6/c1-3-8-6-9(7-8)4-5-10-2;1-2/h8-9H,3-7H2,1-2H3;1-2H3. The van der Waals surface area contributed by atoms with Crippen molar-refractivity contribution in [2.75, 3.05) is 13.7 Å². The van der Waals surface area contributed by atoms with Crippen molar-refractivity contribution in [3.8, 4) is 0 Å². The predicted octanol–water partition coefficient (Wildman–Crippen LogP) is 3.49. The van der Waals surface area contributed by atoms with Crippen molar-refractivity contribution >= 4 is 0 Å². The molecule has 0 radical (unpaired) electrons. The van der Waals surface area contributed by atoms with E-state index >= 15 is 0 Å². The summed E-state index contributed by atoms with van der Waals surface area (Å²) < 4.78 is 5.02. The van der Waals surface area contributed by atoms with Crippen LogP contribution in [0.15, 0.2) is 0 Å². The molecule has 0 bridgehead atoms. The minimum absolute atomic E-state index is 0.959. The van der Waals surface area contributed by atoms with Crippen LogP contribution in [0.1, 0.15) is 46.5 Å². The Kier molecular flexibility index (Phi) is 7.58. The summed E-state index contributed by atoms with van der Waals surface area (Å²) in [5, 5.41) is 0. The van der Waals surface area contributed by atoms with Gasteiger partial charge >= 0.3 is 0 Å². The van der Waals surface area contributed by atoms with Gasteiger partial charge in [-0.2, -0.15) is 0 Å². The number of methoxy groups -OCH3 is 1. The zero-order valence-corrected chi connectivity index (χ0v) is 9.10.